The zero-order valence-corrected chi connectivity index (χ0v) is 34.9. The maximum absolute atomic E-state index is 13.4. The highest BCUT2D eigenvalue weighted by Gasteiger charge is 2.49. The van der Waals surface area contributed by atoms with Crippen molar-refractivity contribution in [1.82, 2.24) is 15.2 Å². The Balaban J connectivity index is 1.01. The van der Waals surface area contributed by atoms with E-state index in [1.54, 1.807) is 12.1 Å². The summed E-state index contributed by atoms with van der Waals surface area (Å²) in [5.41, 5.74) is 8.58. The molecule has 2 aromatic heterocycles. The van der Waals surface area contributed by atoms with E-state index in [0.717, 1.165) is 80.4 Å². The second kappa shape index (κ2) is 17.4. The topological polar surface area (TPSA) is 121 Å². The van der Waals surface area contributed by atoms with Crippen molar-refractivity contribution in [2.75, 3.05) is 32.7 Å². The molecule has 0 bridgehead atoms. The van der Waals surface area contributed by atoms with Crippen LogP contribution in [0, 0.1) is 5.92 Å². The molecule has 10 heteroatoms. The minimum absolute atomic E-state index is 0.0294. The lowest BCUT2D eigenvalue weighted by Crippen LogP contribution is -2.49. The van der Waals surface area contributed by atoms with Gasteiger partial charge in [-0.15, -0.1) is 11.3 Å². The summed E-state index contributed by atoms with van der Waals surface area (Å²) >= 11 is 1.92. The van der Waals surface area contributed by atoms with Crippen LogP contribution in [0.2, 0.25) is 18.1 Å². The molecule has 3 heterocycles. The van der Waals surface area contributed by atoms with E-state index in [0.29, 0.717) is 12.1 Å². The summed E-state index contributed by atoms with van der Waals surface area (Å²) in [5, 5.41) is 15.0. The average molecular weight is 779 g/mol. The van der Waals surface area contributed by atoms with Crippen molar-refractivity contribution in [2.24, 2.45) is 11.7 Å². The summed E-state index contributed by atoms with van der Waals surface area (Å²) < 4.78 is 6.96. The maximum Gasteiger partial charge on any atom is 0.248 e. The lowest BCUT2D eigenvalue weighted by Gasteiger charge is -2.39. The third-order valence-corrected chi connectivity index (χ3v) is 17.6. The van der Waals surface area contributed by atoms with Gasteiger partial charge in [-0.2, -0.15) is 0 Å². The summed E-state index contributed by atoms with van der Waals surface area (Å²) in [4.78, 5) is 33.6. The van der Waals surface area contributed by atoms with Crippen LogP contribution in [-0.4, -0.2) is 61.9 Å². The highest BCUT2D eigenvalue weighted by atomic mass is 32.1. The number of carbonyl (C=O) groups excluding carboxylic acids is 1. The van der Waals surface area contributed by atoms with Gasteiger partial charge in [0.15, 0.2) is 8.32 Å². The largest absolute Gasteiger partial charge is 0.506 e. The van der Waals surface area contributed by atoms with Gasteiger partial charge in [0.2, 0.25) is 11.5 Å². The number of nitrogens with two attached hydrogens (primary N) is 1. The molecule has 8 nitrogen and oxygen atoms in total. The summed E-state index contributed by atoms with van der Waals surface area (Å²) in [6, 6.07) is 31.6. The number of aromatic hydroxyl groups is 1. The molecule has 5 aromatic rings. The van der Waals surface area contributed by atoms with Gasteiger partial charge in [0.05, 0.1) is 11.6 Å². The molecule has 2 unspecified atom stereocenters. The van der Waals surface area contributed by atoms with E-state index in [-0.39, 0.29) is 34.3 Å². The zero-order valence-electron chi connectivity index (χ0n) is 33.1. The number of thiophene rings is 1. The molecule has 0 spiro atoms. The molecule has 5 N–H and O–H groups in total. The quantitative estimate of drug-likeness (QED) is 0.0557. The van der Waals surface area contributed by atoms with Gasteiger partial charge >= 0.3 is 0 Å². The molecule has 0 saturated carbocycles. The maximum atomic E-state index is 13.4. The second-order valence-electron chi connectivity index (χ2n) is 16.6. The van der Waals surface area contributed by atoms with Crippen molar-refractivity contribution < 1.29 is 14.3 Å². The minimum atomic E-state index is -2.14. The third-order valence-electron chi connectivity index (χ3n) is 11.9. The van der Waals surface area contributed by atoms with E-state index >= 15 is 0 Å². The standard InChI is InChI=1S/C45H58N4O4SSi/c1-44(2,3)55(4,5)53-40(37-22-24-39(50)42-38(37)23-25-41(51)48-42)30-47-27-12-18-35-20-21-36(54-35)19-13-28-49-29-26-34(31-49)45(43(46)52,32-14-8-6-9-15-32)33-16-10-7-11-17-33/h6-11,14-17,20-25,34,40,47,50H,12-13,18-19,26-31H2,1-5H3,(H2,46,52)(H,48,51). The first kappa shape index (κ1) is 40.6. The first-order valence-corrected chi connectivity index (χ1v) is 23.5. The van der Waals surface area contributed by atoms with Gasteiger partial charge in [-0.1, -0.05) is 87.5 Å². The monoisotopic (exact) mass is 778 g/mol. The van der Waals surface area contributed by atoms with Crippen LogP contribution in [0.1, 0.15) is 72.6 Å². The number of nitrogens with one attached hydrogen (secondary N) is 2. The van der Waals surface area contributed by atoms with Crippen molar-refractivity contribution in [2.45, 2.75) is 82.5 Å². The number of phenolic OH excluding ortho intramolecular Hbond substituents is 1. The number of primary amides is 1. The number of carbonyl (C=O) groups is 1. The number of phenols is 1. The van der Waals surface area contributed by atoms with Crippen LogP contribution in [-0.2, 0) is 27.5 Å². The van der Waals surface area contributed by atoms with Gasteiger partial charge in [0.25, 0.3) is 0 Å². The van der Waals surface area contributed by atoms with Gasteiger partial charge in [-0.05, 0) is 117 Å². The number of amides is 1. The Bertz CT molecular complexity index is 2050. The Morgan fingerprint density at radius 1 is 0.945 bits per heavy atom. The van der Waals surface area contributed by atoms with Gasteiger partial charge in [-0.3, -0.25) is 9.59 Å². The molecule has 55 heavy (non-hydrogen) atoms. The number of hydrogen-bond acceptors (Lipinski definition) is 7. The summed E-state index contributed by atoms with van der Waals surface area (Å²) in [5.74, 6) is -0.108. The van der Waals surface area contributed by atoms with Crippen molar-refractivity contribution in [3.8, 4) is 5.75 Å². The minimum Gasteiger partial charge on any atom is -0.506 e. The van der Waals surface area contributed by atoms with Crippen LogP contribution in [0.4, 0.5) is 0 Å². The molecule has 1 saturated heterocycles. The molecule has 1 aliphatic heterocycles. The van der Waals surface area contributed by atoms with Gasteiger partial charge in [0.1, 0.15) is 11.2 Å². The number of fused-ring (bicyclic) bond motifs is 1. The molecular formula is C45H58N4O4SSi. The number of likely N-dealkylation sites (tertiary alicyclic amines) is 1. The molecule has 1 amide bonds. The van der Waals surface area contributed by atoms with Crippen LogP contribution in [0.5, 0.6) is 5.75 Å². The molecule has 2 atom stereocenters. The predicted octanol–water partition coefficient (Wildman–Crippen LogP) is 8.31. The van der Waals surface area contributed by atoms with Crippen LogP contribution in [0.3, 0.4) is 0 Å². The van der Waals surface area contributed by atoms with Crippen molar-refractivity contribution in [3.63, 3.8) is 0 Å². The third kappa shape index (κ3) is 9.16. The number of pyridine rings is 1. The molecule has 0 radical (unpaired) electrons. The molecule has 1 aliphatic rings. The number of aromatic amines is 1. The average Bonchev–Trinajstić information content (AvgIpc) is 3.82. The van der Waals surface area contributed by atoms with Crippen molar-refractivity contribution in [1.29, 1.82) is 0 Å². The summed E-state index contributed by atoms with van der Waals surface area (Å²) in [6.45, 7) is 15.5. The Morgan fingerprint density at radius 3 is 2.20 bits per heavy atom. The fourth-order valence-corrected chi connectivity index (χ4v) is 10.4. The Kier molecular flexibility index (Phi) is 12.8. The Labute approximate surface area is 331 Å². The highest BCUT2D eigenvalue weighted by Crippen LogP contribution is 2.44. The van der Waals surface area contributed by atoms with E-state index in [1.165, 1.54) is 15.8 Å². The molecule has 3 aromatic carbocycles. The number of benzene rings is 3. The summed E-state index contributed by atoms with van der Waals surface area (Å²) in [6.07, 6.45) is 4.84. The molecule has 0 aliphatic carbocycles. The Hall–Kier alpha value is -4.06. The van der Waals surface area contributed by atoms with E-state index in [9.17, 15) is 14.7 Å². The molecule has 1 fully saturated rings. The number of aryl methyl sites for hydroxylation is 2. The number of rotatable bonds is 17. The smallest absolute Gasteiger partial charge is 0.248 e. The van der Waals surface area contributed by atoms with E-state index < -0.39 is 13.7 Å². The molecule has 6 rings (SSSR count). The van der Waals surface area contributed by atoms with Gasteiger partial charge in [-0.25, -0.2) is 0 Å². The number of H-pyrrole nitrogens is 1. The van der Waals surface area contributed by atoms with Gasteiger partial charge in [0, 0.05) is 34.3 Å². The number of aromatic nitrogens is 1. The molecular weight excluding hydrogens is 721 g/mol. The SMILES string of the molecule is CC(C)(C)[Si](C)(C)OC(CNCCCc1ccc(CCCN2CCC(C(C(N)=O)(c3ccccc3)c3ccccc3)C2)s1)c1ccc(O)c2[nH]c(=O)ccc12. The fraction of sp³-hybridized carbons (Fsp3) is 0.422. The number of hydrogen-bond donors (Lipinski definition) is 4. The lowest BCUT2D eigenvalue weighted by atomic mass is 9.64. The first-order chi connectivity index (χ1) is 26.3. The van der Waals surface area contributed by atoms with Crippen LogP contribution >= 0.6 is 11.3 Å². The molecule has 292 valence electrons. The predicted molar refractivity (Wildman–Crippen MR) is 228 cm³/mol. The van der Waals surface area contributed by atoms with Gasteiger partial charge < -0.3 is 30.5 Å². The highest BCUT2D eigenvalue weighted by molar-refractivity contribution is 7.12. The van der Waals surface area contributed by atoms with Crippen LogP contribution in [0.15, 0.2) is 102 Å². The fourth-order valence-electron chi connectivity index (χ4n) is 7.99. The van der Waals surface area contributed by atoms with Crippen LogP contribution in [0.25, 0.3) is 10.9 Å². The van der Waals surface area contributed by atoms with E-state index in [1.807, 2.05) is 53.8 Å². The lowest BCUT2D eigenvalue weighted by molar-refractivity contribution is -0.123. The zero-order chi connectivity index (χ0) is 39.2. The van der Waals surface area contributed by atoms with E-state index in [2.05, 4.69) is 85.5 Å². The normalized spacial score (nSPS) is 16.1. The van der Waals surface area contributed by atoms with E-state index in [4.69, 9.17) is 10.2 Å². The summed E-state index contributed by atoms with van der Waals surface area (Å²) in [7, 11) is -2.14. The van der Waals surface area contributed by atoms with Crippen LogP contribution < -0.4 is 16.6 Å². The van der Waals surface area contributed by atoms with Crippen molar-refractivity contribution >= 4 is 36.5 Å². The second-order valence-corrected chi connectivity index (χ2v) is 22.6. The van der Waals surface area contributed by atoms with Crippen molar-refractivity contribution in [3.05, 3.63) is 134 Å². The first-order valence-electron chi connectivity index (χ1n) is 19.7. The number of nitrogens with zero attached hydrogens (tertiary/aromatic N) is 1. The Morgan fingerprint density at radius 2 is 1.58 bits per heavy atom.